The number of nitrogens with two attached hydrogens (primary N) is 1. The number of aromatic hydroxyl groups is 1. The number of nitrogens with zero attached hydrogens (tertiary/aromatic N) is 6. The zero-order valence-electron chi connectivity index (χ0n) is 21.0. The van der Waals surface area contributed by atoms with E-state index < -0.39 is 18.3 Å². The topological polar surface area (TPSA) is 132 Å². The van der Waals surface area contributed by atoms with Gasteiger partial charge < -0.3 is 25.2 Å². The minimum absolute atomic E-state index is 0.00196. The molecule has 11 heteroatoms. The molecular formula is C26H32FN7O3. The Balaban J connectivity index is 1.37. The first kappa shape index (κ1) is 25.1. The van der Waals surface area contributed by atoms with Crippen LogP contribution >= 0.6 is 0 Å². The standard InChI is InChI=1S/C26H32FN7O3/c1-3-5-18(28)24(27)21(4-2)34(16-7-8-16)26-29-14-20(31-33-26)17-9-6-15(12-22(17)35)19-13-23-25(32-30-19)37-11-10-36-23/h6,9,12-14,16,18,21,24,35H,3-5,7-8,10-11,28H2,1-2H3/t18?,21-,24+/m0/s1. The lowest BCUT2D eigenvalue weighted by molar-refractivity contribution is 0.162. The molecule has 2 aromatic heterocycles. The van der Waals surface area contributed by atoms with Crippen LogP contribution in [0.3, 0.4) is 0 Å². The van der Waals surface area contributed by atoms with Gasteiger partial charge in [-0.1, -0.05) is 26.3 Å². The van der Waals surface area contributed by atoms with E-state index in [9.17, 15) is 5.11 Å². The summed E-state index contributed by atoms with van der Waals surface area (Å²) in [5.74, 6) is 1.25. The predicted molar refractivity (Wildman–Crippen MR) is 136 cm³/mol. The van der Waals surface area contributed by atoms with E-state index in [1.54, 1.807) is 30.5 Å². The number of ether oxygens (including phenoxy) is 2. The summed E-state index contributed by atoms with van der Waals surface area (Å²) in [5.41, 5.74) is 8.21. The molecule has 3 N–H and O–H groups in total. The van der Waals surface area contributed by atoms with Gasteiger partial charge in [0, 0.05) is 29.3 Å². The highest BCUT2D eigenvalue weighted by Crippen LogP contribution is 2.37. The van der Waals surface area contributed by atoms with Crippen molar-refractivity contribution in [1.29, 1.82) is 0 Å². The smallest absolute Gasteiger partial charge is 0.276 e. The Kier molecular flexibility index (Phi) is 7.31. The molecule has 0 amide bonds. The number of alkyl halides is 1. The van der Waals surface area contributed by atoms with E-state index in [2.05, 4.69) is 25.4 Å². The molecule has 3 heterocycles. The van der Waals surface area contributed by atoms with E-state index in [1.807, 2.05) is 18.7 Å². The first-order valence-corrected chi connectivity index (χ1v) is 12.8. The second-order valence-corrected chi connectivity index (χ2v) is 9.48. The van der Waals surface area contributed by atoms with Gasteiger partial charge in [0.1, 0.15) is 30.8 Å². The molecule has 1 aromatic carbocycles. The lowest BCUT2D eigenvalue weighted by atomic mass is 9.98. The summed E-state index contributed by atoms with van der Waals surface area (Å²) in [6.07, 6.45) is 4.34. The van der Waals surface area contributed by atoms with Crippen LogP contribution in [0.2, 0.25) is 0 Å². The van der Waals surface area contributed by atoms with Crippen LogP contribution in [0, 0.1) is 0 Å². The van der Waals surface area contributed by atoms with E-state index in [1.165, 1.54) is 0 Å². The van der Waals surface area contributed by atoms with Crippen molar-refractivity contribution in [2.75, 3.05) is 18.1 Å². The van der Waals surface area contributed by atoms with E-state index in [-0.39, 0.29) is 11.8 Å². The lowest BCUT2D eigenvalue weighted by Gasteiger charge is -2.35. The largest absolute Gasteiger partial charge is 0.507 e. The fourth-order valence-corrected chi connectivity index (χ4v) is 4.70. The quantitative estimate of drug-likeness (QED) is 0.417. The Bertz CT molecular complexity index is 1230. The maximum atomic E-state index is 15.3. The van der Waals surface area contributed by atoms with Gasteiger partial charge in [-0.3, -0.25) is 0 Å². The molecule has 1 unspecified atom stereocenters. The highest BCUT2D eigenvalue weighted by Gasteiger charge is 2.40. The van der Waals surface area contributed by atoms with Crippen molar-refractivity contribution in [3.05, 3.63) is 30.5 Å². The van der Waals surface area contributed by atoms with Gasteiger partial charge in [-0.15, -0.1) is 20.4 Å². The molecule has 1 fully saturated rings. The number of hydrogen-bond donors (Lipinski definition) is 2. The number of rotatable bonds is 10. The van der Waals surface area contributed by atoms with Crippen molar-refractivity contribution < 1.29 is 19.0 Å². The first-order chi connectivity index (χ1) is 18.0. The zero-order valence-corrected chi connectivity index (χ0v) is 21.0. The number of phenols is 1. The van der Waals surface area contributed by atoms with Crippen molar-refractivity contribution in [3.63, 3.8) is 0 Å². The third-order valence-corrected chi connectivity index (χ3v) is 6.77. The van der Waals surface area contributed by atoms with Crippen LogP contribution in [-0.2, 0) is 0 Å². The van der Waals surface area contributed by atoms with Crippen LogP contribution in [0.25, 0.3) is 22.5 Å². The van der Waals surface area contributed by atoms with E-state index >= 15 is 4.39 Å². The van der Waals surface area contributed by atoms with Crippen molar-refractivity contribution in [1.82, 2.24) is 25.4 Å². The molecule has 196 valence electrons. The Labute approximate surface area is 215 Å². The third kappa shape index (κ3) is 5.27. The second-order valence-electron chi connectivity index (χ2n) is 9.48. The monoisotopic (exact) mass is 509 g/mol. The summed E-state index contributed by atoms with van der Waals surface area (Å²) in [7, 11) is 0. The lowest BCUT2D eigenvalue weighted by Crippen LogP contribution is -2.50. The van der Waals surface area contributed by atoms with Gasteiger partial charge in [0.05, 0.1) is 17.9 Å². The van der Waals surface area contributed by atoms with Gasteiger partial charge in [-0.05, 0) is 37.8 Å². The van der Waals surface area contributed by atoms with Gasteiger partial charge in [-0.25, -0.2) is 9.37 Å². The van der Waals surface area contributed by atoms with Crippen LogP contribution in [-0.4, -0.2) is 68.0 Å². The molecule has 1 aliphatic heterocycles. The molecule has 1 aliphatic carbocycles. The van der Waals surface area contributed by atoms with E-state index in [4.69, 9.17) is 15.2 Å². The summed E-state index contributed by atoms with van der Waals surface area (Å²) < 4.78 is 26.3. The third-order valence-electron chi connectivity index (χ3n) is 6.77. The van der Waals surface area contributed by atoms with E-state index in [0.29, 0.717) is 66.1 Å². The summed E-state index contributed by atoms with van der Waals surface area (Å²) in [4.78, 5) is 6.47. The summed E-state index contributed by atoms with van der Waals surface area (Å²) in [6.45, 7) is 4.84. The number of aromatic nitrogens is 5. The average molecular weight is 510 g/mol. The average Bonchev–Trinajstić information content (AvgIpc) is 3.76. The molecule has 0 spiro atoms. The van der Waals surface area contributed by atoms with Gasteiger partial charge in [0.15, 0.2) is 5.75 Å². The molecular weight excluding hydrogens is 477 g/mol. The maximum Gasteiger partial charge on any atom is 0.276 e. The van der Waals surface area contributed by atoms with Crippen molar-refractivity contribution >= 4 is 5.95 Å². The molecule has 1 saturated carbocycles. The first-order valence-electron chi connectivity index (χ1n) is 12.8. The maximum absolute atomic E-state index is 15.3. The summed E-state index contributed by atoms with van der Waals surface area (Å²) in [6, 6.07) is 6.08. The van der Waals surface area contributed by atoms with Crippen LogP contribution < -0.4 is 20.1 Å². The molecule has 2 aliphatic rings. The molecule has 5 rings (SSSR count). The van der Waals surface area contributed by atoms with Crippen LogP contribution in [0.1, 0.15) is 46.0 Å². The van der Waals surface area contributed by atoms with Crippen LogP contribution in [0.5, 0.6) is 17.4 Å². The van der Waals surface area contributed by atoms with Gasteiger partial charge >= 0.3 is 0 Å². The molecule has 10 nitrogen and oxygen atoms in total. The fourth-order valence-electron chi connectivity index (χ4n) is 4.70. The number of fused-ring (bicyclic) bond motifs is 1. The molecule has 0 saturated heterocycles. The van der Waals surface area contributed by atoms with Gasteiger partial charge in [-0.2, -0.15) is 0 Å². The SMILES string of the molecule is CCCC(N)[C@@H](F)[C@H](CC)N(c1ncc(-c2ccc(-c3cc4c(nn3)OCCO4)cc2O)nn1)C1CC1. The Hall–Kier alpha value is -3.60. The number of benzene rings is 1. The Morgan fingerprint density at radius 2 is 1.86 bits per heavy atom. The van der Waals surface area contributed by atoms with Gasteiger partial charge in [0.25, 0.3) is 5.88 Å². The molecule has 0 radical (unpaired) electrons. The van der Waals surface area contributed by atoms with Gasteiger partial charge in [0.2, 0.25) is 5.95 Å². The minimum atomic E-state index is -1.19. The molecule has 3 aromatic rings. The van der Waals surface area contributed by atoms with E-state index in [0.717, 1.165) is 19.3 Å². The number of phenolic OH excluding ortho intramolecular Hbond substituents is 1. The Morgan fingerprint density at radius 3 is 2.54 bits per heavy atom. The predicted octanol–water partition coefficient (Wildman–Crippen LogP) is 3.69. The zero-order chi connectivity index (χ0) is 25.9. The fraction of sp³-hybridized carbons (Fsp3) is 0.500. The molecule has 37 heavy (non-hydrogen) atoms. The van der Waals surface area contributed by atoms with Crippen LogP contribution in [0.15, 0.2) is 30.5 Å². The van der Waals surface area contributed by atoms with Crippen molar-refractivity contribution in [2.45, 2.75) is 70.2 Å². The van der Waals surface area contributed by atoms with Crippen molar-refractivity contribution in [2.24, 2.45) is 5.73 Å². The summed E-state index contributed by atoms with van der Waals surface area (Å²) in [5, 5.41) is 27.6. The minimum Gasteiger partial charge on any atom is -0.507 e. The molecule has 3 atom stereocenters. The second kappa shape index (κ2) is 10.8. The molecule has 0 bridgehead atoms. The van der Waals surface area contributed by atoms with Crippen LogP contribution in [0.4, 0.5) is 10.3 Å². The normalized spacial score (nSPS) is 17.2. The van der Waals surface area contributed by atoms with Crippen molar-refractivity contribution in [3.8, 4) is 39.9 Å². The number of halogens is 1. The highest BCUT2D eigenvalue weighted by atomic mass is 19.1. The highest BCUT2D eigenvalue weighted by molar-refractivity contribution is 5.73. The Morgan fingerprint density at radius 1 is 1.08 bits per heavy atom. The summed E-state index contributed by atoms with van der Waals surface area (Å²) >= 11 is 0. The number of hydrogen-bond acceptors (Lipinski definition) is 10. The number of anilines is 1.